The summed E-state index contributed by atoms with van der Waals surface area (Å²) in [5, 5.41) is 7.69. The maximum Gasteiger partial charge on any atom is 0.270 e. The van der Waals surface area contributed by atoms with E-state index in [0.717, 1.165) is 49.8 Å². The van der Waals surface area contributed by atoms with E-state index in [2.05, 4.69) is 44.6 Å². The number of benzene rings is 2. The number of amides is 1. The van der Waals surface area contributed by atoms with Crippen LogP contribution in [0.25, 0.3) is 0 Å². The number of carbonyl (C=O) groups is 1. The molecule has 0 spiro atoms. The third-order valence-corrected chi connectivity index (χ3v) is 6.30. The summed E-state index contributed by atoms with van der Waals surface area (Å²) in [4.78, 5) is 21.1. The maximum absolute atomic E-state index is 11.9. The average molecular weight is 453 g/mol. The number of likely N-dealkylation sites (N-methyl/N-ethyl adjacent to an activating group) is 1. The van der Waals surface area contributed by atoms with E-state index in [1.54, 1.807) is 7.11 Å². The van der Waals surface area contributed by atoms with Crippen LogP contribution in [-0.2, 0) is 6.54 Å². The predicted molar refractivity (Wildman–Crippen MR) is 129 cm³/mol. The second kappa shape index (κ2) is 9.99. The number of carbonyl (C=O) groups excluding carboxylic acids is 1. The van der Waals surface area contributed by atoms with E-state index in [1.807, 2.05) is 36.4 Å². The number of nitrogens with one attached hydrogen (secondary N) is 2. The summed E-state index contributed by atoms with van der Waals surface area (Å²) in [6.07, 6.45) is 0. The first-order valence-corrected chi connectivity index (χ1v) is 11.3. The van der Waals surface area contributed by atoms with Crippen LogP contribution >= 0.6 is 11.3 Å². The number of hydrogen-bond acceptors (Lipinski definition) is 8. The Morgan fingerprint density at radius 2 is 1.66 bits per heavy atom. The monoisotopic (exact) mass is 452 g/mol. The number of thiazole rings is 1. The molecule has 1 fully saturated rings. The lowest BCUT2D eigenvalue weighted by molar-refractivity contribution is 0.0997. The molecule has 2 aromatic carbocycles. The molecule has 1 aliphatic rings. The topological polar surface area (TPSA) is 95.8 Å². The number of nitrogens with two attached hydrogens (primary N) is 1. The van der Waals surface area contributed by atoms with Gasteiger partial charge < -0.3 is 26.0 Å². The Bertz CT molecular complexity index is 1040. The van der Waals surface area contributed by atoms with Crippen LogP contribution in [0.3, 0.4) is 0 Å². The quantitative estimate of drug-likeness (QED) is 0.481. The summed E-state index contributed by atoms with van der Waals surface area (Å²) in [5.74, 6) is 0.198. The van der Waals surface area contributed by atoms with Crippen LogP contribution in [0.15, 0.2) is 48.5 Å². The summed E-state index contributed by atoms with van der Waals surface area (Å²) in [6, 6.07) is 15.7. The van der Waals surface area contributed by atoms with Gasteiger partial charge in [0.15, 0.2) is 10.8 Å². The third-order valence-electron chi connectivity index (χ3n) is 5.42. The SMILES string of the molecule is COc1ccc(Nc2nc(C(N)=O)c(Nc3ccc(CN4CCN(C)CC4)cc3)s2)cc1. The van der Waals surface area contributed by atoms with Crippen molar-refractivity contribution in [3.8, 4) is 5.75 Å². The van der Waals surface area contributed by atoms with Gasteiger partial charge in [-0.2, -0.15) is 0 Å². The fraction of sp³-hybridized carbons (Fsp3) is 0.304. The normalized spacial score (nSPS) is 14.8. The van der Waals surface area contributed by atoms with Gasteiger partial charge >= 0.3 is 0 Å². The zero-order valence-corrected chi connectivity index (χ0v) is 19.1. The van der Waals surface area contributed by atoms with E-state index in [0.29, 0.717) is 10.1 Å². The van der Waals surface area contributed by atoms with Crippen molar-refractivity contribution in [2.45, 2.75) is 6.54 Å². The van der Waals surface area contributed by atoms with E-state index in [1.165, 1.54) is 16.9 Å². The minimum absolute atomic E-state index is 0.215. The molecule has 3 aromatic rings. The molecule has 0 atom stereocenters. The van der Waals surface area contributed by atoms with Crippen LogP contribution in [0.5, 0.6) is 5.75 Å². The van der Waals surface area contributed by atoms with E-state index in [9.17, 15) is 4.79 Å². The van der Waals surface area contributed by atoms with Crippen molar-refractivity contribution in [3.63, 3.8) is 0 Å². The molecule has 8 nitrogen and oxygen atoms in total. The van der Waals surface area contributed by atoms with Gasteiger partial charge in [-0.05, 0) is 49.0 Å². The van der Waals surface area contributed by atoms with Crippen molar-refractivity contribution in [1.29, 1.82) is 0 Å². The van der Waals surface area contributed by atoms with E-state index >= 15 is 0 Å². The zero-order valence-electron chi connectivity index (χ0n) is 18.3. The fourth-order valence-electron chi connectivity index (χ4n) is 3.51. The highest BCUT2D eigenvalue weighted by atomic mass is 32.1. The molecule has 1 saturated heterocycles. The summed E-state index contributed by atoms with van der Waals surface area (Å²) in [6.45, 7) is 5.32. The average Bonchev–Trinajstić information content (AvgIpc) is 3.19. The van der Waals surface area contributed by atoms with Crippen LogP contribution in [0, 0.1) is 0 Å². The molecule has 1 aromatic heterocycles. The second-order valence-corrected chi connectivity index (χ2v) is 8.81. The highest BCUT2D eigenvalue weighted by molar-refractivity contribution is 7.20. The molecule has 1 amide bonds. The molecule has 0 unspecified atom stereocenters. The Labute approximate surface area is 192 Å². The number of primary amides is 1. The van der Waals surface area contributed by atoms with Crippen LogP contribution in [0.4, 0.5) is 21.5 Å². The van der Waals surface area contributed by atoms with Gasteiger partial charge in [0.2, 0.25) is 0 Å². The minimum atomic E-state index is -0.571. The Morgan fingerprint density at radius 1 is 1.03 bits per heavy atom. The Morgan fingerprint density at radius 3 is 2.28 bits per heavy atom. The summed E-state index contributed by atoms with van der Waals surface area (Å²) >= 11 is 1.34. The number of piperazine rings is 1. The molecule has 0 bridgehead atoms. The van der Waals surface area contributed by atoms with Crippen molar-refractivity contribution in [3.05, 3.63) is 59.8 Å². The molecule has 32 heavy (non-hydrogen) atoms. The third kappa shape index (κ3) is 5.56. The van der Waals surface area contributed by atoms with Gasteiger partial charge in [0, 0.05) is 44.1 Å². The lowest BCUT2D eigenvalue weighted by Gasteiger charge is -2.32. The molecule has 4 rings (SSSR count). The van der Waals surface area contributed by atoms with Gasteiger partial charge in [0.25, 0.3) is 5.91 Å². The molecule has 1 aliphatic heterocycles. The lowest BCUT2D eigenvalue weighted by atomic mass is 10.2. The summed E-state index contributed by atoms with van der Waals surface area (Å²) in [7, 11) is 3.79. The number of hydrogen-bond donors (Lipinski definition) is 3. The molecular formula is C23H28N6O2S. The molecule has 0 aliphatic carbocycles. The van der Waals surface area contributed by atoms with Crippen molar-refractivity contribution >= 4 is 38.8 Å². The molecule has 0 radical (unpaired) electrons. The second-order valence-electron chi connectivity index (χ2n) is 7.82. The molecule has 0 saturated carbocycles. The van der Waals surface area contributed by atoms with Gasteiger partial charge in [-0.3, -0.25) is 9.69 Å². The van der Waals surface area contributed by atoms with Crippen LogP contribution in [0.1, 0.15) is 16.1 Å². The minimum Gasteiger partial charge on any atom is -0.497 e. The molecule has 168 valence electrons. The van der Waals surface area contributed by atoms with Crippen molar-refractivity contribution < 1.29 is 9.53 Å². The van der Waals surface area contributed by atoms with Crippen molar-refractivity contribution in [1.82, 2.24) is 14.8 Å². The predicted octanol–water partition coefficient (Wildman–Crippen LogP) is 3.49. The van der Waals surface area contributed by atoms with E-state index < -0.39 is 5.91 Å². The first-order chi connectivity index (χ1) is 15.5. The number of anilines is 4. The van der Waals surface area contributed by atoms with Gasteiger partial charge in [0.05, 0.1) is 7.11 Å². The molecular weight excluding hydrogens is 424 g/mol. The van der Waals surface area contributed by atoms with Crippen molar-refractivity contribution in [2.24, 2.45) is 5.73 Å². The van der Waals surface area contributed by atoms with Crippen LogP contribution in [0.2, 0.25) is 0 Å². The van der Waals surface area contributed by atoms with E-state index in [4.69, 9.17) is 10.5 Å². The standard InChI is InChI=1S/C23H28N6O2S/c1-28-11-13-29(14-12-28)15-16-3-5-17(6-4-16)25-22-20(21(24)30)27-23(32-22)26-18-7-9-19(31-2)10-8-18/h3-10,25H,11-15H2,1-2H3,(H2,24,30)(H,26,27). The number of methoxy groups -OCH3 is 1. The smallest absolute Gasteiger partial charge is 0.270 e. The van der Waals surface area contributed by atoms with Gasteiger partial charge in [0.1, 0.15) is 10.8 Å². The number of ether oxygens (including phenoxy) is 1. The largest absolute Gasteiger partial charge is 0.497 e. The summed E-state index contributed by atoms with van der Waals surface area (Å²) < 4.78 is 5.18. The van der Waals surface area contributed by atoms with Gasteiger partial charge in [-0.15, -0.1) is 0 Å². The van der Waals surface area contributed by atoms with Gasteiger partial charge in [-0.25, -0.2) is 4.98 Å². The zero-order chi connectivity index (χ0) is 22.5. The number of nitrogens with zero attached hydrogens (tertiary/aromatic N) is 3. The van der Waals surface area contributed by atoms with Gasteiger partial charge in [-0.1, -0.05) is 23.5 Å². The highest BCUT2D eigenvalue weighted by Gasteiger charge is 2.17. The van der Waals surface area contributed by atoms with E-state index in [-0.39, 0.29) is 5.69 Å². The first kappa shape index (κ1) is 22.1. The Hall–Kier alpha value is -3.14. The summed E-state index contributed by atoms with van der Waals surface area (Å²) in [5.41, 5.74) is 8.77. The molecule has 2 heterocycles. The first-order valence-electron chi connectivity index (χ1n) is 10.5. The molecule has 4 N–H and O–H groups in total. The van der Waals surface area contributed by atoms with Crippen LogP contribution in [-0.4, -0.2) is 61.0 Å². The highest BCUT2D eigenvalue weighted by Crippen LogP contribution is 2.33. The fourth-order valence-corrected chi connectivity index (χ4v) is 4.42. The van der Waals surface area contributed by atoms with Crippen molar-refractivity contribution in [2.75, 3.05) is 51.0 Å². The molecule has 9 heteroatoms. The number of rotatable bonds is 8. The maximum atomic E-state index is 11.9. The Balaban J connectivity index is 1.43. The Kier molecular flexibility index (Phi) is 6.89. The van der Waals surface area contributed by atoms with Crippen LogP contribution < -0.4 is 21.1 Å². The lowest BCUT2D eigenvalue weighted by Crippen LogP contribution is -2.43. The number of aromatic nitrogens is 1.